The Hall–Kier alpha value is -0.900. The molecule has 4 heteroatoms. The van der Waals surface area contributed by atoms with Gasteiger partial charge in [0.05, 0.1) is 6.42 Å². The number of aldehydes is 1. The quantitative estimate of drug-likeness (QED) is 0.599. The van der Waals surface area contributed by atoms with E-state index in [1.165, 1.54) is 5.06 Å². The summed E-state index contributed by atoms with van der Waals surface area (Å²) in [7, 11) is 0. The van der Waals surface area contributed by atoms with E-state index in [2.05, 4.69) is 0 Å². The Morgan fingerprint density at radius 3 is 2.92 bits per heavy atom. The Kier molecular flexibility index (Phi) is 1.87. The summed E-state index contributed by atoms with van der Waals surface area (Å²) in [5.74, 6) is 0.439. The average Bonchev–Trinajstić information content (AvgIpc) is 2.82. The molecule has 0 N–H and O–H groups in total. The number of hydrogen-bond donors (Lipinski definition) is 0. The monoisotopic (exact) mass is 183 g/mol. The fourth-order valence-corrected chi connectivity index (χ4v) is 1.84. The maximum absolute atomic E-state index is 11.4. The van der Waals surface area contributed by atoms with Gasteiger partial charge in [-0.2, -0.15) is 0 Å². The van der Waals surface area contributed by atoms with Crippen molar-refractivity contribution in [1.29, 1.82) is 0 Å². The van der Waals surface area contributed by atoms with Gasteiger partial charge in [-0.25, -0.2) is 5.06 Å². The van der Waals surface area contributed by atoms with Crippen LogP contribution >= 0.6 is 0 Å². The van der Waals surface area contributed by atoms with Crippen molar-refractivity contribution >= 4 is 12.2 Å². The van der Waals surface area contributed by atoms with Gasteiger partial charge < -0.3 is 4.79 Å². The van der Waals surface area contributed by atoms with E-state index >= 15 is 0 Å². The Bertz CT molecular complexity index is 249. The summed E-state index contributed by atoms with van der Waals surface area (Å²) in [5, 5.41) is 1.19. The molecule has 2 aliphatic rings. The van der Waals surface area contributed by atoms with Gasteiger partial charge in [0.2, 0.25) is 5.91 Å². The standard InChI is InChI=1S/C9H13NO3/c1-9(7-2-3-7)6-8(12)10(13-9)4-5-11/h5,7H,2-4,6H2,1H3. The van der Waals surface area contributed by atoms with Crippen LogP contribution in [0, 0.1) is 5.92 Å². The lowest BCUT2D eigenvalue weighted by molar-refractivity contribution is -0.198. The number of carbonyl (C=O) groups excluding carboxylic acids is 2. The molecule has 1 amide bonds. The van der Waals surface area contributed by atoms with Gasteiger partial charge in [-0.1, -0.05) is 0 Å². The highest BCUT2D eigenvalue weighted by molar-refractivity contribution is 5.80. The Labute approximate surface area is 76.8 Å². The molecule has 2 fully saturated rings. The summed E-state index contributed by atoms with van der Waals surface area (Å²) in [5.41, 5.74) is -0.333. The minimum Gasteiger partial charge on any atom is -0.301 e. The van der Waals surface area contributed by atoms with Gasteiger partial charge in [0.25, 0.3) is 0 Å². The topological polar surface area (TPSA) is 46.6 Å². The number of hydrogen-bond acceptors (Lipinski definition) is 3. The first kappa shape index (κ1) is 8.69. The molecule has 1 unspecified atom stereocenters. The van der Waals surface area contributed by atoms with E-state index in [4.69, 9.17) is 4.84 Å². The zero-order chi connectivity index (χ0) is 9.47. The van der Waals surface area contributed by atoms with Crippen LogP contribution in [0.1, 0.15) is 26.2 Å². The van der Waals surface area contributed by atoms with Crippen LogP contribution in [-0.4, -0.2) is 29.4 Å². The second-order valence-corrected chi connectivity index (χ2v) is 3.98. The predicted octanol–water partition coefficient (Wildman–Crippen LogP) is 0.518. The van der Waals surface area contributed by atoms with E-state index in [1.54, 1.807) is 0 Å². The molecule has 0 aromatic heterocycles. The molecule has 4 nitrogen and oxygen atoms in total. The Balaban J connectivity index is 2.04. The average molecular weight is 183 g/mol. The van der Waals surface area contributed by atoms with Crippen molar-refractivity contribution in [3.63, 3.8) is 0 Å². The van der Waals surface area contributed by atoms with Gasteiger partial charge in [-0.3, -0.25) is 9.63 Å². The summed E-state index contributed by atoms with van der Waals surface area (Å²) in [6, 6.07) is 0. The van der Waals surface area contributed by atoms with Crippen LogP contribution in [0.2, 0.25) is 0 Å². The molecule has 1 aliphatic heterocycles. The molecule has 0 aromatic rings. The summed E-state index contributed by atoms with van der Waals surface area (Å²) >= 11 is 0. The lowest BCUT2D eigenvalue weighted by atomic mass is 9.97. The Morgan fingerprint density at radius 2 is 2.38 bits per heavy atom. The molecule has 0 radical (unpaired) electrons. The van der Waals surface area contributed by atoms with Crippen molar-refractivity contribution in [1.82, 2.24) is 5.06 Å². The second-order valence-electron chi connectivity index (χ2n) is 3.98. The first-order valence-electron chi connectivity index (χ1n) is 4.59. The van der Waals surface area contributed by atoms with Gasteiger partial charge in [0, 0.05) is 0 Å². The fourth-order valence-electron chi connectivity index (χ4n) is 1.84. The third-order valence-electron chi connectivity index (χ3n) is 2.78. The van der Waals surface area contributed by atoms with E-state index in [0.29, 0.717) is 18.6 Å². The molecule has 1 atom stereocenters. The van der Waals surface area contributed by atoms with Crippen LogP contribution in [0.25, 0.3) is 0 Å². The first-order valence-corrected chi connectivity index (χ1v) is 4.59. The second kappa shape index (κ2) is 2.80. The minimum absolute atomic E-state index is 0.0567. The van der Waals surface area contributed by atoms with Crippen LogP contribution in [0.5, 0.6) is 0 Å². The number of amides is 1. The highest BCUT2D eigenvalue weighted by Gasteiger charge is 2.51. The number of rotatable bonds is 3. The normalized spacial score (nSPS) is 33.9. The Morgan fingerprint density at radius 1 is 1.69 bits per heavy atom. The summed E-state index contributed by atoms with van der Waals surface area (Å²) < 4.78 is 0. The van der Waals surface area contributed by atoms with Crippen molar-refractivity contribution in [3.8, 4) is 0 Å². The van der Waals surface area contributed by atoms with Crippen molar-refractivity contribution in [2.24, 2.45) is 5.92 Å². The van der Waals surface area contributed by atoms with Gasteiger partial charge in [-0.15, -0.1) is 0 Å². The van der Waals surface area contributed by atoms with Crippen molar-refractivity contribution in [2.45, 2.75) is 31.8 Å². The third-order valence-corrected chi connectivity index (χ3v) is 2.78. The van der Waals surface area contributed by atoms with E-state index < -0.39 is 0 Å². The molecule has 1 heterocycles. The highest BCUT2D eigenvalue weighted by Crippen LogP contribution is 2.46. The largest absolute Gasteiger partial charge is 0.301 e. The molecule has 2 rings (SSSR count). The van der Waals surface area contributed by atoms with Gasteiger partial charge >= 0.3 is 0 Å². The van der Waals surface area contributed by atoms with Crippen LogP contribution in [0.4, 0.5) is 0 Å². The molecule has 13 heavy (non-hydrogen) atoms. The number of carbonyl (C=O) groups is 2. The van der Waals surface area contributed by atoms with E-state index in [9.17, 15) is 9.59 Å². The highest BCUT2D eigenvalue weighted by atomic mass is 16.7. The van der Waals surface area contributed by atoms with Crippen LogP contribution < -0.4 is 0 Å². The molecular weight excluding hydrogens is 170 g/mol. The molecular formula is C9H13NO3. The lowest BCUT2D eigenvalue weighted by Gasteiger charge is -2.22. The lowest BCUT2D eigenvalue weighted by Crippen LogP contribution is -2.30. The molecule has 1 saturated carbocycles. The molecule has 0 spiro atoms. The van der Waals surface area contributed by atoms with Gasteiger partial charge in [0.15, 0.2) is 0 Å². The summed E-state index contributed by atoms with van der Waals surface area (Å²) in [6.45, 7) is 2.01. The number of hydroxylamine groups is 2. The molecule has 1 saturated heterocycles. The smallest absolute Gasteiger partial charge is 0.249 e. The van der Waals surface area contributed by atoms with E-state index in [1.807, 2.05) is 6.92 Å². The SMILES string of the molecule is CC1(C2CC2)CC(=O)N(CC=O)O1. The van der Waals surface area contributed by atoms with Gasteiger partial charge in [-0.05, 0) is 25.7 Å². The van der Waals surface area contributed by atoms with Crippen molar-refractivity contribution in [3.05, 3.63) is 0 Å². The van der Waals surface area contributed by atoms with Crippen LogP contribution in [0.15, 0.2) is 0 Å². The maximum atomic E-state index is 11.4. The molecule has 72 valence electrons. The number of nitrogens with zero attached hydrogens (tertiary/aromatic N) is 1. The van der Waals surface area contributed by atoms with E-state index in [-0.39, 0.29) is 18.1 Å². The van der Waals surface area contributed by atoms with Crippen LogP contribution in [-0.2, 0) is 14.4 Å². The molecule has 1 aliphatic carbocycles. The van der Waals surface area contributed by atoms with Crippen molar-refractivity contribution < 1.29 is 14.4 Å². The van der Waals surface area contributed by atoms with Gasteiger partial charge in [0.1, 0.15) is 18.4 Å². The minimum atomic E-state index is -0.333. The van der Waals surface area contributed by atoms with E-state index in [0.717, 1.165) is 12.8 Å². The zero-order valence-electron chi connectivity index (χ0n) is 7.66. The van der Waals surface area contributed by atoms with Crippen LogP contribution in [0.3, 0.4) is 0 Å². The molecule has 0 bridgehead atoms. The predicted molar refractivity (Wildman–Crippen MR) is 44.6 cm³/mol. The third kappa shape index (κ3) is 1.46. The zero-order valence-corrected chi connectivity index (χ0v) is 7.66. The van der Waals surface area contributed by atoms with Crippen molar-refractivity contribution in [2.75, 3.05) is 6.54 Å². The first-order chi connectivity index (χ1) is 6.15. The fraction of sp³-hybridized carbons (Fsp3) is 0.778. The maximum Gasteiger partial charge on any atom is 0.249 e. The molecule has 0 aromatic carbocycles. The summed E-state index contributed by atoms with van der Waals surface area (Å²) in [6.07, 6.45) is 3.39. The summed E-state index contributed by atoms with van der Waals surface area (Å²) in [4.78, 5) is 27.1.